The van der Waals surface area contributed by atoms with Gasteiger partial charge in [0.25, 0.3) is 5.91 Å². The quantitative estimate of drug-likeness (QED) is 0.361. The smallest absolute Gasteiger partial charge is 0.253 e. The lowest BCUT2D eigenvalue weighted by Gasteiger charge is -2.46. The Morgan fingerprint density at radius 1 is 1.11 bits per heavy atom. The number of amidine groups is 1. The molecule has 0 aromatic heterocycles. The van der Waals surface area contributed by atoms with Crippen LogP contribution in [0, 0.1) is 16.7 Å². The zero-order valence-corrected chi connectivity index (χ0v) is 15.9. The maximum Gasteiger partial charge on any atom is 0.253 e. The van der Waals surface area contributed by atoms with Crippen molar-refractivity contribution in [2.24, 2.45) is 17.1 Å². The Balaban J connectivity index is 1.50. The number of carbonyl (C=O) groups is 1. The van der Waals surface area contributed by atoms with Crippen LogP contribution in [0.25, 0.3) is 0 Å². The molecule has 1 heterocycles. The van der Waals surface area contributed by atoms with E-state index in [2.05, 4.69) is 0 Å². The lowest BCUT2D eigenvalue weighted by atomic mass is 9.65. The molecule has 0 unspecified atom stereocenters. The van der Waals surface area contributed by atoms with Crippen LogP contribution in [-0.2, 0) is 0 Å². The summed E-state index contributed by atoms with van der Waals surface area (Å²) in [5.41, 5.74) is 7.12. The lowest BCUT2D eigenvalue weighted by molar-refractivity contribution is -0.0512. The van der Waals surface area contributed by atoms with Gasteiger partial charge in [-0.3, -0.25) is 10.2 Å². The van der Waals surface area contributed by atoms with Crippen LogP contribution in [0.3, 0.4) is 0 Å². The third-order valence-corrected chi connectivity index (χ3v) is 6.55. The van der Waals surface area contributed by atoms with E-state index in [1.807, 2.05) is 4.90 Å². The second-order valence-electron chi connectivity index (χ2n) is 8.28. The van der Waals surface area contributed by atoms with Gasteiger partial charge in [0.1, 0.15) is 5.84 Å². The highest BCUT2D eigenvalue weighted by Crippen LogP contribution is 2.47. The summed E-state index contributed by atoms with van der Waals surface area (Å²) in [5.74, 6) is 0.681. The van der Waals surface area contributed by atoms with E-state index in [-0.39, 0.29) is 11.7 Å². The summed E-state index contributed by atoms with van der Waals surface area (Å²) in [6, 6.07) is 6.96. The van der Waals surface area contributed by atoms with Crippen molar-refractivity contribution >= 4 is 11.7 Å². The summed E-state index contributed by atoms with van der Waals surface area (Å²) in [6.07, 6.45) is 7.00. The summed E-state index contributed by atoms with van der Waals surface area (Å²) in [7, 11) is 0. The minimum Gasteiger partial charge on any atom is -0.384 e. The van der Waals surface area contributed by atoms with Crippen LogP contribution in [0.2, 0.25) is 0 Å². The van der Waals surface area contributed by atoms with Gasteiger partial charge in [-0.25, -0.2) is 0 Å². The second kappa shape index (κ2) is 8.40. The van der Waals surface area contributed by atoms with Gasteiger partial charge in [-0.1, -0.05) is 12.1 Å². The average molecular weight is 373 g/mol. The number of hydrogen-bond donors (Lipinski definition) is 4. The monoisotopic (exact) mass is 373 g/mol. The number of nitrogen functional groups attached to an aromatic ring is 1. The number of amides is 1. The molecule has 6 heteroatoms. The molecule has 0 bridgehead atoms. The van der Waals surface area contributed by atoms with Crippen molar-refractivity contribution in [2.45, 2.75) is 57.7 Å². The summed E-state index contributed by atoms with van der Waals surface area (Å²) in [4.78, 5) is 14.7. The SMILES string of the molecule is N=C(N)c1ccc(C(=O)N2CCC3(CCC(CCC(O)O)CC3)CC2)cc1. The van der Waals surface area contributed by atoms with Crippen molar-refractivity contribution in [3.8, 4) is 0 Å². The number of aliphatic hydroxyl groups excluding tert-OH is 1. The Morgan fingerprint density at radius 3 is 2.19 bits per heavy atom. The van der Waals surface area contributed by atoms with Crippen molar-refractivity contribution < 1.29 is 15.0 Å². The van der Waals surface area contributed by atoms with Crippen molar-refractivity contribution in [2.75, 3.05) is 13.1 Å². The van der Waals surface area contributed by atoms with Gasteiger partial charge in [-0.05, 0) is 74.8 Å². The van der Waals surface area contributed by atoms with Crippen LogP contribution in [-0.4, -0.2) is 46.2 Å². The molecule has 1 spiro atoms. The van der Waals surface area contributed by atoms with Crippen LogP contribution in [0.5, 0.6) is 0 Å². The van der Waals surface area contributed by atoms with Gasteiger partial charge in [-0.2, -0.15) is 0 Å². The van der Waals surface area contributed by atoms with Crippen molar-refractivity contribution in [3.05, 3.63) is 35.4 Å². The van der Waals surface area contributed by atoms with Crippen molar-refractivity contribution in [1.29, 1.82) is 5.41 Å². The molecule has 27 heavy (non-hydrogen) atoms. The molecule has 148 valence electrons. The zero-order chi connectivity index (χ0) is 19.4. The van der Waals surface area contributed by atoms with Gasteiger partial charge < -0.3 is 20.8 Å². The molecule has 5 N–H and O–H groups in total. The molecule has 1 aromatic rings. The van der Waals surface area contributed by atoms with Gasteiger partial charge in [0.15, 0.2) is 6.29 Å². The molecular weight excluding hydrogens is 342 g/mol. The maximum atomic E-state index is 12.7. The van der Waals surface area contributed by atoms with E-state index in [0.29, 0.717) is 28.9 Å². The second-order valence-corrected chi connectivity index (χ2v) is 8.28. The first-order chi connectivity index (χ1) is 12.9. The number of nitrogens with two attached hydrogens (primary N) is 1. The van der Waals surface area contributed by atoms with Crippen molar-refractivity contribution in [3.63, 3.8) is 0 Å². The van der Waals surface area contributed by atoms with Crippen LogP contribution in [0.4, 0.5) is 0 Å². The van der Waals surface area contributed by atoms with E-state index in [4.69, 9.17) is 21.4 Å². The molecule has 2 aliphatic rings. The molecule has 0 atom stereocenters. The average Bonchev–Trinajstić information content (AvgIpc) is 2.68. The molecule has 1 aromatic carbocycles. The van der Waals surface area contributed by atoms with E-state index >= 15 is 0 Å². The van der Waals surface area contributed by atoms with Gasteiger partial charge in [0.2, 0.25) is 0 Å². The number of benzene rings is 1. The molecule has 6 nitrogen and oxygen atoms in total. The predicted octanol–water partition coefficient (Wildman–Crippen LogP) is 2.47. The molecule has 1 aliphatic heterocycles. The number of hydrogen-bond acceptors (Lipinski definition) is 4. The minimum atomic E-state index is -1.18. The maximum absolute atomic E-state index is 12.7. The van der Waals surface area contributed by atoms with Gasteiger partial charge >= 0.3 is 0 Å². The van der Waals surface area contributed by atoms with Crippen LogP contribution in [0.15, 0.2) is 24.3 Å². The van der Waals surface area contributed by atoms with Gasteiger partial charge in [0.05, 0.1) is 0 Å². The Bertz CT molecular complexity index is 654. The number of rotatable bonds is 5. The van der Waals surface area contributed by atoms with E-state index in [1.165, 1.54) is 12.8 Å². The highest BCUT2D eigenvalue weighted by molar-refractivity contribution is 5.98. The Labute approximate surface area is 160 Å². The van der Waals surface area contributed by atoms with E-state index < -0.39 is 6.29 Å². The number of nitrogens with zero attached hydrogens (tertiary/aromatic N) is 1. The van der Waals surface area contributed by atoms with Gasteiger partial charge in [-0.15, -0.1) is 0 Å². The lowest BCUT2D eigenvalue weighted by Crippen LogP contribution is -2.44. The fourth-order valence-corrected chi connectivity index (χ4v) is 4.62. The third-order valence-electron chi connectivity index (χ3n) is 6.55. The standard InChI is InChI=1S/C21H31N3O3/c22-19(23)16-2-4-17(5-3-16)20(27)24-13-11-21(12-14-24)9-7-15(8-10-21)1-6-18(25)26/h2-5,15,18,25-26H,1,6-14H2,(H3,22,23). The highest BCUT2D eigenvalue weighted by Gasteiger charge is 2.39. The van der Waals surface area contributed by atoms with E-state index in [1.54, 1.807) is 24.3 Å². The first-order valence-electron chi connectivity index (χ1n) is 9.98. The fourth-order valence-electron chi connectivity index (χ4n) is 4.62. The largest absolute Gasteiger partial charge is 0.384 e. The molecule has 1 saturated heterocycles. The topological polar surface area (TPSA) is 111 Å². The molecule has 2 fully saturated rings. The molecule has 0 radical (unpaired) electrons. The van der Waals surface area contributed by atoms with Crippen molar-refractivity contribution in [1.82, 2.24) is 4.90 Å². The number of piperidine rings is 1. The van der Waals surface area contributed by atoms with Crippen LogP contribution < -0.4 is 5.73 Å². The fraction of sp³-hybridized carbons (Fsp3) is 0.619. The number of aliphatic hydroxyl groups is 2. The first-order valence-corrected chi connectivity index (χ1v) is 9.98. The molecular formula is C21H31N3O3. The summed E-state index contributed by atoms with van der Waals surface area (Å²) in [5, 5.41) is 25.5. The Kier molecular flexibility index (Phi) is 6.17. The number of nitrogens with one attached hydrogen (secondary N) is 1. The van der Waals surface area contributed by atoms with Crippen LogP contribution in [0.1, 0.15) is 67.3 Å². The molecule has 1 aliphatic carbocycles. The highest BCUT2D eigenvalue weighted by atomic mass is 16.5. The number of likely N-dealkylation sites (tertiary alicyclic amines) is 1. The van der Waals surface area contributed by atoms with E-state index in [0.717, 1.165) is 45.2 Å². The number of carbonyl (C=O) groups excluding carboxylic acids is 1. The minimum absolute atomic E-state index is 0.0120. The molecule has 3 rings (SSSR count). The summed E-state index contributed by atoms with van der Waals surface area (Å²) in [6.45, 7) is 1.60. The normalized spacial score (nSPS) is 20.2. The summed E-state index contributed by atoms with van der Waals surface area (Å²) < 4.78 is 0. The molecule has 1 saturated carbocycles. The first kappa shape index (κ1) is 19.8. The van der Waals surface area contributed by atoms with Gasteiger partial charge in [0, 0.05) is 24.2 Å². The summed E-state index contributed by atoms with van der Waals surface area (Å²) >= 11 is 0. The Morgan fingerprint density at radius 2 is 1.67 bits per heavy atom. The van der Waals surface area contributed by atoms with E-state index in [9.17, 15) is 4.79 Å². The Hall–Kier alpha value is -1.92. The van der Waals surface area contributed by atoms with Crippen LogP contribution >= 0.6 is 0 Å². The predicted molar refractivity (Wildman–Crippen MR) is 104 cm³/mol. The third kappa shape index (κ3) is 4.87. The zero-order valence-electron chi connectivity index (χ0n) is 15.9. The molecule has 1 amide bonds.